The van der Waals surface area contributed by atoms with Crippen molar-refractivity contribution in [2.75, 3.05) is 11.9 Å². The van der Waals surface area contributed by atoms with Crippen LogP contribution in [-0.2, 0) is 13.6 Å². The van der Waals surface area contributed by atoms with E-state index < -0.39 is 0 Å². The van der Waals surface area contributed by atoms with Crippen molar-refractivity contribution in [3.8, 4) is 5.88 Å². The zero-order valence-electron chi connectivity index (χ0n) is 12.3. The molecule has 0 amide bonds. The van der Waals surface area contributed by atoms with Crippen molar-refractivity contribution in [1.29, 1.82) is 0 Å². The Morgan fingerprint density at radius 3 is 3.09 bits per heavy atom. The Morgan fingerprint density at radius 1 is 1.50 bits per heavy atom. The molecule has 2 heterocycles. The van der Waals surface area contributed by atoms with Crippen molar-refractivity contribution in [2.24, 2.45) is 13.0 Å². The van der Waals surface area contributed by atoms with E-state index in [1.165, 1.54) is 17.5 Å². The SMILES string of the molecule is Cn1ncc(NCc2ccnc(OCC3CC3)c2)c(Br)c1=O. The molecular formula is C15H17BrN4O2. The van der Waals surface area contributed by atoms with Gasteiger partial charge < -0.3 is 10.1 Å². The summed E-state index contributed by atoms with van der Waals surface area (Å²) in [5, 5.41) is 7.20. The minimum atomic E-state index is -0.173. The molecule has 7 heteroatoms. The van der Waals surface area contributed by atoms with Gasteiger partial charge in [-0.1, -0.05) is 0 Å². The standard InChI is InChI=1S/C15H17BrN4O2/c1-20-15(21)14(16)12(8-19-20)18-7-11-4-5-17-13(6-11)22-9-10-2-3-10/h4-6,8,10,18H,2-3,7,9H2,1H3. The van der Waals surface area contributed by atoms with Gasteiger partial charge in [-0.25, -0.2) is 9.67 Å². The van der Waals surface area contributed by atoms with Crippen molar-refractivity contribution < 1.29 is 4.74 Å². The van der Waals surface area contributed by atoms with Crippen LogP contribution in [0.5, 0.6) is 5.88 Å². The van der Waals surface area contributed by atoms with E-state index in [0.29, 0.717) is 28.5 Å². The molecule has 0 unspecified atom stereocenters. The molecule has 1 aliphatic carbocycles. The number of nitrogens with zero attached hydrogens (tertiary/aromatic N) is 3. The lowest BCUT2D eigenvalue weighted by Gasteiger charge is -2.10. The van der Waals surface area contributed by atoms with Crippen LogP contribution in [0.1, 0.15) is 18.4 Å². The Kier molecular flexibility index (Phi) is 4.42. The quantitative estimate of drug-likeness (QED) is 0.851. The van der Waals surface area contributed by atoms with Gasteiger partial charge in [-0.15, -0.1) is 0 Å². The Morgan fingerprint density at radius 2 is 2.32 bits per heavy atom. The second-order valence-electron chi connectivity index (χ2n) is 5.41. The average molecular weight is 365 g/mol. The molecule has 0 atom stereocenters. The van der Waals surface area contributed by atoms with Crippen LogP contribution in [0.4, 0.5) is 5.69 Å². The largest absolute Gasteiger partial charge is 0.477 e. The molecule has 0 spiro atoms. The van der Waals surface area contributed by atoms with E-state index in [-0.39, 0.29) is 5.56 Å². The summed E-state index contributed by atoms with van der Waals surface area (Å²) in [7, 11) is 1.61. The van der Waals surface area contributed by atoms with E-state index in [4.69, 9.17) is 4.74 Å². The summed E-state index contributed by atoms with van der Waals surface area (Å²) in [6.45, 7) is 1.31. The topological polar surface area (TPSA) is 69.0 Å². The lowest BCUT2D eigenvalue weighted by atomic mass is 10.2. The number of anilines is 1. The van der Waals surface area contributed by atoms with E-state index in [1.807, 2.05) is 12.1 Å². The van der Waals surface area contributed by atoms with Crippen LogP contribution in [0.3, 0.4) is 0 Å². The zero-order valence-corrected chi connectivity index (χ0v) is 13.8. The molecule has 1 aliphatic rings. The summed E-state index contributed by atoms with van der Waals surface area (Å²) >= 11 is 3.29. The lowest BCUT2D eigenvalue weighted by Crippen LogP contribution is -2.21. The van der Waals surface area contributed by atoms with Crippen LogP contribution in [0.2, 0.25) is 0 Å². The van der Waals surface area contributed by atoms with Crippen LogP contribution in [0, 0.1) is 5.92 Å². The van der Waals surface area contributed by atoms with Gasteiger partial charge in [0.1, 0.15) is 4.47 Å². The van der Waals surface area contributed by atoms with E-state index in [0.717, 1.165) is 12.2 Å². The molecule has 116 valence electrons. The number of ether oxygens (including phenoxy) is 1. The molecule has 0 radical (unpaired) electrons. The van der Waals surface area contributed by atoms with Crippen molar-refractivity contribution in [1.82, 2.24) is 14.8 Å². The van der Waals surface area contributed by atoms with E-state index in [1.54, 1.807) is 19.4 Å². The minimum absolute atomic E-state index is 0.173. The zero-order chi connectivity index (χ0) is 15.5. The van der Waals surface area contributed by atoms with Crippen molar-refractivity contribution in [2.45, 2.75) is 19.4 Å². The number of halogens is 1. The molecule has 1 saturated carbocycles. The van der Waals surface area contributed by atoms with Crippen LogP contribution in [0.15, 0.2) is 33.8 Å². The first-order valence-electron chi connectivity index (χ1n) is 7.17. The van der Waals surface area contributed by atoms with Crippen molar-refractivity contribution >= 4 is 21.6 Å². The van der Waals surface area contributed by atoms with Gasteiger partial charge in [-0.05, 0) is 46.3 Å². The van der Waals surface area contributed by atoms with E-state index in [9.17, 15) is 4.79 Å². The molecule has 1 N–H and O–H groups in total. The van der Waals surface area contributed by atoms with Crippen LogP contribution >= 0.6 is 15.9 Å². The number of aromatic nitrogens is 3. The van der Waals surface area contributed by atoms with Crippen molar-refractivity contribution in [3.05, 3.63) is 44.9 Å². The smallest absolute Gasteiger partial charge is 0.282 e. The predicted octanol–water partition coefficient (Wildman–Crippen LogP) is 2.34. The van der Waals surface area contributed by atoms with E-state index >= 15 is 0 Å². The third-order valence-corrected chi connectivity index (χ3v) is 4.29. The van der Waals surface area contributed by atoms with Gasteiger partial charge in [0.2, 0.25) is 5.88 Å². The molecule has 3 rings (SSSR count). The number of rotatable bonds is 6. The number of pyridine rings is 1. The van der Waals surface area contributed by atoms with Gasteiger partial charge in [0.05, 0.1) is 18.5 Å². The third-order valence-electron chi connectivity index (χ3n) is 3.52. The fraction of sp³-hybridized carbons (Fsp3) is 0.400. The maximum absolute atomic E-state index is 11.8. The molecular weight excluding hydrogens is 348 g/mol. The third kappa shape index (κ3) is 3.65. The lowest BCUT2D eigenvalue weighted by molar-refractivity contribution is 0.288. The highest BCUT2D eigenvalue weighted by molar-refractivity contribution is 9.10. The Labute approximate surface area is 136 Å². The predicted molar refractivity (Wildman–Crippen MR) is 87.0 cm³/mol. The highest BCUT2D eigenvalue weighted by Crippen LogP contribution is 2.29. The Hall–Kier alpha value is -1.89. The van der Waals surface area contributed by atoms with Crippen molar-refractivity contribution in [3.63, 3.8) is 0 Å². The second-order valence-corrected chi connectivity index (χ2v) is 6.20. The molecule has 0 aliphatic heterocycles. The first kappa shape index (κ1) is 15.0. The number of aryl methyl sites for hydroxylation is 1. The molecule has 22 heavy (non-hydrogen) atoms. The first-order chi connectivity index (χ1) is 10.6. The average Bonchev–Trinajstić information content (AvgIpc) is 3.35. The van der Waals surface area contributed by atoms with Gasteiger partial charge in [-0.3, -0.25) is 4.79 Å². The Balaban J connectivity index is 1.64. The highest BCUT2D eigenvalue weighted by atomic mass is 79.9. The maximum Gasteiger partial charge on any atom is 0.282 e. The summed E-state index contributed by atoms with van der Waals surface area (Å²) in [6.07, 6.45) is 5.87. The fourth-order valence-electron chi connectivity index (χ4n) is 1.96. The summed E-state index contributed by atoms with van der Waals surface area (Å²) in [5.41, 5.74) is 1.53. The number of hydrogen-bond donors (Lipinski definition) is 1. The fourth-order valence-corrected chi connectivity index (χ4v) is 2.46. The van der Waals surface area contributed by atoms with Gasteiger partial charge in [0.25, 0.3) is 5.56 Å². The molecule has 1 fully saturated rings. The summed E-state index contributed by atoms with van der Waals surface area (Å²) in [6, 6.07) is 3.83. The second kappa shape index (κ2) is 6.48. The van der Waals surface area contributed by atoms with Crippen LogP contribution in [0.25, 0.3) is 0 Å². The van der Waals surface area contributed by atoms with E-state index in [2.05, 4.69) is 31.3 Å². The van der Waals surface area contributed by atoms with Gasteiger partial charge >= 0.3 is 0 Å². The molecule has 0 bridgehead atoms. The summed E-state index contributed by atoms with van der Waals surface area (Å²) < 4.78 is 7.43. The van der Waals surface area contributed by atoms with Crippen LogP contribution < -0.4 is 15.6 Å². The van der Waals surface area contributed by atoms with Gasteiger partial charge in [0, 0.05) is 25.9 Å². The summed E-state index contributed by atoms with van der Waals surface area (Å²) in [5.74, 6) is 1.35. The molecule has 0 saturated heterocycles. The Bertz CT molecular complexity index is 728. The first-order valence-corrected chi connectivity index (χ1v) is 7.96. The van der Waals surface area contributed by atoms with Crippen LogP contribution in [-0.4, -0.2) is 21.4 Å². The molecule has 6 nitrogen and oxygen atoms in total. The normalized spacial score (nSPS) is 13.9. The van der Waals surface area contributed by atoms with Gasteiger partial charge in [-0.2, -0.15) is 5.10 Å². The molecule has 2 aromatic heterocycles. The number of hydrogen-bond acceptors (Lipinski definition) is 5. The van der Waals surface area contributed by atoms with Gasteiger partial charge in [0.15, 0.2) is 0 Å². The molecule has 0 aromatic carbocycles. The maximum atomic E-state index is 11.8. The minimum Gasteiger partial charge on any atom is -0.477 e. The summed E-state index contributed by atoms with van der Waals surface area (Å²) in [4.78, 5) is 16.0. The molecule has 2 aromatic rings. The number of nitrogens with one attached hydrogen (secondary N) is 1. The highest BCUT2D eigenvalue weighted by Gasteiger charge is 2.22. The monoisotopic (exact) mass is 364 g/mol.